The van der Waals surface area contributed by atoms with Gasteiger partial charge in [-0.3, -0.25) is 28.0 Å². The third kappa shape index (κ3) is 29.2. The second-order valence-electron chi connectivity index (χ2n) is 20.4. The van der Waals surface area contributed by atoms with Crippen LogP contribution in [0.3, 0.4) is 0 Å². The molecule has 3 heterocycles. The monoisotopic (exact) mass is 1160 g/mol. The number of aromatic nitrogens is 2. The number of nitrogens with zero attached hydrogens (tertiary/aromatic N) is 2. The number of rotatable bonds is 27. The van der Waals surface area contributed by atoms with Crippen LogP contribution in [0.25, 0.3) is 0 Å². The van der Waals surface area contributed by atoms with Gasteiger partial charge >= 0.3 is 33.3 Å². The number of hydrogen-bond acceptors (Lipinski definition) is 19. The van der Waals surface area contributed by atoms with E-state index >= 15 is 0 Å². The quantitative estimate of drug-likeness (QED) is 0.0179. The first-order chi connectivity index (χ1) is 37.8. The number of fused-ring (bicyclic) bond motifs is 3. The lowest BCUT2D eigenvalue weighted by Gasteiger charge is -2.40. The molecule has 1 aromatic heterocycles. The lowest BCUT2D eigenvalue weighted by molar-refractivity contribution is -0.196. The van der Waals surface area contributed by atoms with Gasteiger partial charge in [-0.2, -0.15) is 9.29 Å². The standard InChI is InChI=1S/C55H91N3O19P2/c1-3-5-7-8-9-10-11-12-13-14-15-16-17-18-19-20-21-22-23-25-30-50(63)72-38-43-39-73-78(68,69)77-79(70,71)74-40-48-53(66)52(65)44(33-32-41(59)28-24-6-4-2)46(61)37-47(62)45(36-42(60)29-26-27-31-51(64)75-43)54(76-48)58-35-34-49(56)57-55(58)67/h10-11,13-14,16-17,32-35,41,43-48,52-54,59,61-62,65-66H,3-9,12,15,18-31,36-40H2,1-2H3,(H,68,69)(H,70,71)(H2,56,57,67)/b11-10-,14-13-,17-16-,33-32-/t41-,43+,44-,45-,46+,47-,48+,52-,53+,54+/m0/s1. The van der Waals surface area contributed by atoms with E-state index in [4.69, 9.17) is 29.0 Å². The first-order valence-electron chi connectivity index (χ1n) is 28.3. The van der Waals surface area contributed by atoms with Crippen molar-refractivity contribution in [3.05, 3.63) is 71.4 Å². The Bertz CT molecular complexity index is 2210. The molecular formula is C55H91N3O19P2. The van der Waals surface area contributed by atoms with Gasteiger partial charge in [-0.05, 0) is 70.3 Å². The summed E-state index contributed by atoms with van der Waals surface area (Å²) in [6.07, 6.45) is 18.4. The fourth-order valence-electron chi connectivity index (χ4n) is 9.07. The molecule has 450 valence electrons. The maximum absolute atomic E-state index is 13.8. The Labute approximate surface area is 465 Å². The van der Waals surface area contributed by atoms with E-state index in [2.05, 4.69) is 52.7 Å². The largest absolute Gasteiger partial charge is 0.481 e. The molecule has 2 aliphatic heterocycles. The number of ketones is 1. The minimum absolute atomic E-state index is 0.0378. The van der Waals surface area contributed by atoms with Crippen molar-refractivity contribution < 1.29 is 86.4 Å². The van der Waals surface area contributed by atoms with E-state index in [0.29, 0.717) is 19.3 Å². The molecule has 3 rings (SSSR count). The number of ether oxygens (including phenoxy) is 3. The Morgan fingerprint density at radius 1 is 0.797 bits per heavy atom. The van der Waals surface area contributed by atoms with Gasteiger partial charge in [-0.1, -0.05) is 127 Å². The summed E-state index contributed by atoms with van der Waals surface area (Å²) in [5.74, 6) is -5.19. The van der Waals surface area contributed by atoms with Crippen LogP contribution in [0.2, 0.25) is 0 Å². The molecule has 0 spiro atoms. The van der Waals surface area contributed by atoms with E-state index in [-0.39, 0.29) is 37.9 Å². The van der Waals surface area contributed by atoms with E-state index in [1.807, 2.05) is 6.92 Å². The first-order valence-corrected chi connectivity index (χ1v) is 31.3. The number of phosphoric ester groups is 2. The number of cyclic esters (lactones) is 1. The highest BCUT2D eigenvalue weighted by Crippen LogP contribution is 2.60. The average molecular weight is 1160 g/mol. The van der Waals surface area contributed by atoms with Crippen molar-refractivity contribution in [2.75, 3.05) is 25.6 Å². The van der Waals surface area contributed by atoms with Crippen LogP contribution in [0.5, 0.6) is 0 Å². The highest BCUT2D eigenvalue weighted by Gasteiger charge is 2.45. The predicted octanol–water partition coefficient (Wildman–Crippen LogP) is 8.07. The second-order valence-corrected chi connectivity index (χ2v) is 23.4. The van der Waals surface area contributed by atoms with Crippen molar-refractivity contribution in [3.63, 3.8) is 0 Å². The van der Waals surface area contributed by atoms with Crippen molar-refractivity contribution in [1.82, 2.24) is 9.55 Å². The highest BCUT2D eigenvalue weighted by atomic mass is 31.3. The maximum Gasteiger partial charge on any atom is 0.481 e. The summed E-state index contributed by atoms with van der Waals surface area (Å²) in [5, 5.41) is 57.5. The van der Waals surface area contributed by atoms with Crippen molar-refractivity contribution in [1.29, 1.82) is 0 Å². The number of carbonyl (C=O) groups is 3. The molecule has 79 heavy (non-hydrogen) atoms. The Kier molecular flexibility index (Phi) is 34.2. The summed E-state index contributed by atoms with van der Waals surface area (Å²) in [5.41, 5.74) is 4.67. The lowest BCUT2D eigenvalue weighted by Crippen LogP contribution is -2.52. The normalized spacial score (nSPS) is 29.1. The number of hydrogen-bond donors (Lipinski definition) is 8. The minimum Gasteiger partial charge on any atom is -0.462 e. The molecule has 0 radical (unpaired) electrons. The topological polar surface area (TPSA) is 343 Å². The van der Waals surface area contributed by atoms with Gasteiger partial charge in [0.25, 0.3) is 0 Å². The van der Waals surface area contributed by atoms with Crippen LogP contribution in [-0.2, 0) is 51.1 Å². The third-order valence-corrected chi connectivity index (χ3v) is 16.2. The van der Waals surface area contributed by atoms with Crippen LogP contribution in [-0.4, -0.2) is 125 Å². The van der Waals surface area contributed by atoms with Gasteiger partial charge < -0.3 is 55.3 Å². The first kappa shape index (κ1) is 69.5. The zero-order chi connectivity index (χ0) is 58.1. The summed E-state index contributed by atoms with van der Waals surface area (Å²) in [6.45, 7) is 1.31. The molecule has 22 nitrogen and oxygen atoms in total. The summed E-state index contributed by atoms with van der Waals surface area (Å²) in [7, 11) is -11.4. The summed E-state index contributed by atoms with van der Waals surface area (Å²) < 4.78 is 58.8. The van der Waals surface area contributed by atoms with Crippen molar-refractivity contribution >= 4 is 39.2 Å². The Morgan fingerprint density at radius 3 is 2.05 bits per heavy atom. The van der Waals surface area contributed by atoms with E-state index in [1.165, 1.54) is 43.9 Å². The summed E-state index contributed by atoms with van der Waals surface area (Å²) in [4.78, 5) is 78.0. The van der Waals surface area contributed by atoms with E-state index in [0.717, 1.165) is 81.4 Å². The predicted molar refractivity (Wildman–Crippen MR) is 296 cm³/mol. The van der Waals surface area contributed by atoms with Crippen LogP contribution in [0.1, 0.15) is 181 Å². The second kappa shape index (κ2) is 38.9. The van der Waals surface area contributed by atoms with Crippen LogP contribution in [0.15, 0.2) is 65.7 Å². The molecule has 24 heteroatoms. The molecule has 2 bridgehead atoms. The number of nitrogen functional groups attached to an aromatic ring is 1. The fourth-order valence-corrected chi connectivity index (χ4v) is 11.2. The number of anilines is 1. The smallest absolute Gasteiger partial charge is 0.462 e. The molecule has 0 aromatic carbocycles. The molecule has 2 saturated heterocycles. The third-order valence-electron chi connectivity index (χ3n) is 13.6. The van der Waals surface area contributed by atoms with E-state index in [1.54, 1.807) is 0 Å². The molecule has 0 amide bonds. The highest BCUT2D eigenvalue weighted by molar-refractivity contribution is 7.61. The van der Waals surface area contributed by atoms with Crippen molar-refractivity contribution in [3.8, 4) is 0 Å². The minimum atomic E-state index is -5.76. The van der Waals surface area contributed by atoms with Gasteiger partial charge in [0.05, 0.1) is 37.6 Å². The zero-order valence-corrected chi connectivity index (χ0v) is 48.0. The number of esters is 2. The van der Waals surface area contributed by atoms with Gasteiger partial charge in [0.2, 0.25) is 0 Å². The van der Waals surface area contributed by atoms with Crippen LogP contribution in [0, 0.1) is 11.8 Å². The number of aliphatic hydroxyl groups is 5. The van der Waals surface area contributed by atoms with Gasteiger partial charge in [0.1, 0.15) is 36.6 Å². The molecule has 0 saturated carbocycles. The van der Waals surface area contributed by atoms with Gasteiger partial charge in [0, 0.05) is 50.1 Å². The average Bonchev–Trinajstić information content (AvgIpc) is 3.41. The molecule has 2 fully saturated rings. The lowest BCUT2D eigenvalue weighted by atomic mass is 9.82. The number of Topliss-reactive ketones (excluding diaryl/α,β-unsaturated/α-hetero) is 1. The zero-order valence-electron chi connectivity index (χ0n) is 46.2. The summed E-state index contributed by atoms with van der Waals surface area (Å²) >= 11 is 0. The number of carbonyl (C=O) groups excluding carboxylic acids is 3. The number of allylic oxidation sites excluding steroid dienone is 6. The van der Waals surface area contributed by atoms with Gasteiger partial charge in [-0.25, -0.2) is 13.9 Å². The number of unbranched alkanes of at least 4 members (excludes halogenated alkanes) is 12. The van der Waals surface area contributed by atoms with E-state index in [9.17, 15) is 63.6 Å². The van der Waals surface area contributed by atoms with Gasteiger partial charge in [-0.15, -0.1) is 0 Å². The number of nitrogens with two attached hydrogens (primary N) is 1. The van der Waals surface area contributed by atoms with Crippen LogP contribution in [0.4, 0.5) is 5.82 Å². The van der Waals surface area contributed by atoms with E-state index < -0.39 is 133 Å². The molecule has 9 N–H and O–H groups in total. The molecule has 12 atom stereocenters. The molecular weight excluding hydrogens is 1070 g/mol. The Hall–Kier alpha value is -3.73. The molecule has 2 aliphatic rings. The van der Waals surface area contributed by atoms with Crippen LogP contribution >= 0.6 is 15.6 Å². The van der Waals surface area contributed by atoms with Crippen molar-refractivity contribution in [2.24, 2.45) is 11.8 Å². The number of phosphoric acid groups is 2. The Morgan fingerprint density at radius 2 is 1.39 bits per heavy atom. The summed E-state index contributed by atoms with van der Waals surface area (Å²) in [6, 6.07) is 1.18. The van der Waals surface area contributed by atoms with Crippen molar-refractivity contribution in [2.45, 2.75) is 223 Å². The molecule has 0 aliphatic carbocycles. The fraction of sp³-hybridized carbons (Fsp3) is 0.727. The van der Waals surface area contributed by atoms with Crippen LogP contribution < -0.4 is 11.4 Å². The SMILES string of the molecule is CCCCCC/C=C\C/C=C\C/C=C\CCCCCCCCC(=O)OC[C@@H]1COP(=O)(O)OP(=O)(O)OC[C@H]2O[C@@H](n3ccc(N)nc3=O)[C@@H](CC(=O)CCCCC(=O)O1)[C@@H](O)C[C@@H](O)[C@H](/C=C\[C@@H](O)CCCCC)[C@H](O)[C@@H]2O. The molecule has 1 aromatic rings. The molecule has 2 unspecified atom stereocenters. The number of aliphatic hydroxyl groups excluding tert-OH is 5. The van der Waals surface area contributed by atoms with Gasteiger partial charge in [0.15, 0.2) is 6.10 Å². The maximum atomic E-state index is 13.8. The Balaban J connectivity index is 1.69.